The number of hydrogen-bond acceptors (Lipinski definition) is 3. The minimum absolute atomic E-state index is 0.0103. The molecule has 0 aromatic rings. The maximum atomic E-state index is 12.8. The van der Waals surface area contributed by atoms with Gasteiger partial charge >= 0.3 is 5.97 Å². The summed E-state index contributed by atoms with van der Waals surface area (Å²) >= 11 is 0. The fourth-order valence-electron chi connectivity index (χ4n) is 4.44. The molecule has 126 valence electrons. The normalized spacial score (nSPS) is 38.7. The molecule has 2 fully saturated rings. The quantitative estimate of drug-likeness (QED) is 0.814. The van der Waals surface area contributed by atoms with Crippen LogP contribution in [-0.4, -0.2) is 28.3 Å². The first-order valence-electron chi connectivity index (χ1n) is 8.73. The number of carbonyl (C=O) groups is 3. The van der Waals surface area contributed by atoms with Gasteiger partial charge in [0.2, 0.25) is 5.91 Å². The zero-order valence-electron chi connectivity index (χ0n) is 13.8. The Morgan fingerprint density at radius 3 is 2.61 bits per heavy atom. The van der Waals surface area contributed by atoms with Crippen molar-refractivity contribution in [3.8, 4) is 0 Å². The van der Waals surface area contributed by atoms with Gasteiger partial charge in [0.25, 0.3) is 0 Å². The molecule has 5 nitrogen and oxygen atoms in total. The summed E-state index contributed by atoms with van der Waals surface area (Å²) in [6.45, 7) is 4.00. The van der Waals surface area contributed by atoms with Gasteiger partial charge in [-0.15, -0.1) is 0 Å². The molecule has 1 amide bonds. The summed E-state index contributed by atoms with van der Waals surface area (Å²) in [5.41, 5.74) is -0.439. The highest BCUT2D eigenvalue weighted by Gasteiger charge is 2.61. The largest absolute Gasteiger partial charge is 0.479 e. The van der Waals surface area contributed by atoms with Crippen molar-refractivity contribution in [1.82, 2.24) is 5.32 Å². The average Bonchev–Trinajstić information content (AvgIpc) is 3.14. The second-order valence-electron chi connectivity index (χ2n) is 7.28. The van der Waals surface area contributed by atoms with E-state index in [1.807, 2.05) is 13.0 Å². The van der Waals surface area contributed by atoms with Crippen molar-refractivity contribution in [2.75, 3.05) is 0 Å². The lowest BCUT2D eigenvalue weighted by atomic mass is 9.74. The number of ketones is 1. The Hall–Kier alpha value is -1.65. The zero-order chi connectivity index (χ0) is 16.8. The molecule has 0 unspecified atom stereocenters. The molecule has 0 spiro atoms. The second-order valence-corrected chi connectivity index (χ2v) is 7.28. The number of aliphatic carboxylic acids is 1. The van der Waals surface area contributed by atoms with Crippen LogP contribution in [-0.2, 0) is 14.4 Å². The van der Waals surface area contributed by atoms with Crippen LogP contribution in [0.4, 0.5) is 0 Å². The van der Waals surface area contributed by atoms with Crippen molar-refractivity contribution >= 4 is 17.7 Å². The molecule has 3 aliphatic rings. The molecular weight excluding hydrogens is 294 g/mol. The SMILES string of the molecule is CC[C@@H]1C=C(C(=O)N[C@@]2(C(=O)O)C[C@@H]2CC)[C@H]2CCC(=O)[C@H]2C1. The molecule has 2 saturated carbocycles. The molecule has 5 atom stereocenters. The number of hydrogen-bond donors (Lipinski definition) is 2. The maximum absolute atomic E-state index is 12.8. The van der Waals surface area contributed by atoms with Crippen LogP contribution in [0.2, 0.25) is 0 Å². The van der Waals surface area contributed by atoms with Gasteiger partial charge in [-0.3, -0.25) is 9.59 Å². The van der Waals surface area contributed by atoms with E-state index in [2.05, 4.69) is 12.2 Å². The van der Waals surface area contributed by atoms with E-state index in [1.54, 1.807) is 0 Å². The highest BCUT2D eigenvalue weighted by molar-refractivity contribution is 6.00. The summed E-state index contributed by atoms with van der Waals surface area (Å²) in [6, 6.07) is 0. The van der Waals surface area contributed by atoms with Crippen LogP contribution in [0.3, 0.4) is 0 Å². The minimum Gasteiger partial charge on any atom is -0.479 e. The Morgan fingerprint density at radius 2 is 2.04 bits per heavy atom. The number of carbonyl (C=O) groups excluding carboxylic acids is 2. The second kappa shape index (κ2) is 5.77. The fraction of sp³-hybridized carbons (Fsp3) is 0.722. The third-order valence-electron chi connectivity index (χ3n) is 6.08. The highest BCUT2D eigenvalue weighted by Crippen LogP contribution is 2.48. The van der Waals surface area contributed by atoms with Crippen LogP contribution < -0.4 is 5.32 Å². The van der Waals surface area contributed by atoms with Crippen molar-refractivity contribution in [1.29, 1.82) is 0 Å². The average molecular weight is 319 g/mol. The van der Waals surface area contributed by atoms with Crippen molar-refractivity contribution in [3.05, 3.63) is 11.6 Å². The Kier molecular flexibility index (Phi) is 4.07. The molecule has 0 aliphatic heterocycles. The molecule has 3 aliphatic carbocycles. The first-order chi connectivity index (χ1) is 10.9. The van der Waals surface area contributed by atoms with Gasteiger partial charge in [0.05, 0.1) is 0 Å². The van der Waals surface area contributed by atoms with Gasteiger partial charge in [-0.25, -0.2) is 4.79 Å². The van der Waals surface area contributed by atoms with E-state index < -0.39 is 11.5 Å². The van der Waals surface area contributed by atoms with E-state index in [0.717, 1.165) is 25.7 Å². The number of amides is 1. The standard InChI is InChI=1S/C18H25NO4/c1-3-10-7-13-12(5-6-15(13)20)14(8-10)16(21)19-18(17(22)23)9-11(18)4-2/h8,10-13H,3-7,9H2,1-2H3,(H,19,21)(H,22,23)/t10-,11-,12-,13-,18-/m0/s1. The van der Waals surface area contributed by atoms with E-state index >= 15 is 0 Å². The molecule has 0 aromatic heterocycles. The number of fused-ring (bicyclic) bond motifs is 1. The number of carboxylic acid groups (broad SMARTS) is 1. The van der Waals surface area contributed by atoms with E-state index in [0.29, 0.717) is 18.4 Å². The van der Waals surface area contributed by atoms with Crippen molar-refractivity contribution in [2.24, 2.45) is 23.7 Å². The van der Waals surface area contributed by atoms with Crippen LogP contribution in [0.5, 0.6) is 0 Å². The molecule has 2 N–H and O–H groups in total. The smallest absolute Gasteiger partial charge is 0.329 e. The van der Waals surface area contributed by atoms with E-state index in [1.165, 1.54) is 0 Å². The first kappa shape index (κ1) is 16.2. The van der Waals surface area contributed by atoms with Crippen molar-refractivity contribution in [2.45, 2.75) is 57.9 Å². The number of rotatable bonds is 5. The van der Waals surface area contributed by atoms with Crippen LogP contribution in [0.1, 0.15) is 52.4 Å². The lowest BCUT2D eigenvalue weighted by Crippen LogP contribution is -2.47. The first-order valence-corrected chi connectivity index (χ1v) is 8.73. The van der Waals surface area contributed by atoms with Crippen LogP contribution in [0, 0.1) is 23.7 Å². The van der Waals surface area contributed by atoms with Gasteiger partial charge in [-0.05, 0) is 43.4 Å². The van der Waals surface area contributed by atoms with E-state index in [9.17, 15) is 19.5 Å². The summed E-state index contributed by atoms with van der Waals surface area (Å²) in [5.74, 6) is -0.774. The Morgan fingerprint density at radius 1 is 1.30 bits per heavy atom. The topological polar surface area (TPSA) is 83.5 Å². The third-order valence-corrected chi connectivity index (χ3v) is 6.08. The summed E-state index contributed by atoms with van der Waals surface area (Å²) in [5, 5.41) is 12.3. The Balaban J connectivity index is 1.82. The highest BCUT2D eigenvalue weighted by atomic mass is 16.4. The summed E-state index contributed by atoms with van der Waals surface area (Å²) < 4.78 is 0. The van der Waals surface area contributed by atoms with Gasteiger partial charge in [-0.2, -0.15) is 0 Å². The monoisotopic (exact) mass is 319 g/mol. The predicted octanol–water partition coefficient (Wildman–Crippen LogP) is 2.31. The summed E-state index contributed by atoms with van der Waals surface area (Å²) in [7, 11) is 0. The Bertz CT molecular complexity index is 582. The molecule has 0 aromatic carbocycles. The lowest BCUT2D eigenvalue weighted by Gasteiger charge is -2.30. The van der Waals surface area contributed by atoms with Crippen LogP contribution >= 0.6 is 0 Å². The molecule has 0 bridgehead atoms. The van der Waals surface area contributed by atoms with Gasteiger partial charge in [0.15, 0.2) is 0 Å². The van der Waals surface area contributed by atoms with Crippen LogP contribution in [0.25, 0.3) is 0 Å². The maximum Gasteiger partial charge on any atom is 0.329 e. The predicted molar refractivity (Wildman–Crippen MR) is 84.6 cm³/mol. The number of nitrogens with one attached hydrogen (secondary N) is 1. The lowest BCUT2D eigenvalue weighted by molar-refractivity contribution is -0.143. The molecule has 23 heavy (non-hydrogen) atoms. The molecule has 0 saturated heterocycles. The van der Waals surface area contributed by atoms with Gasteiger partial charge in [0.1, 0.15) is 11.3 Å². The fourth-order valence-corrected chi connectivity index (χ4v) is 4.44. The zero-order valence-corrected chi connectivity index (χ0v) is 13.8. The number of allylic oxidation sites excluding steroid dienone is 1. The van der Waals surface area contributed by atoms with Crippen LogP contribution in [0.15, 0.2) is 11.6 Å². The van der Waals surface area contributed by atoms with Crippen molar-refractivity contribution < 1.29 is 19.5 Å². The number of Topliss-reactive ketones (excluding diaryl/α,β-unsaturated/α-hetero) is 1. The molecule has 5 heteroatoms. The number of carboxylic acids is 1. The van der Waals surface area contributed by atoms with E-state index in [4.69, 9.17) is 0 Å². The Labute approximate surface area is 136 Å². The molecule has 0 radical (unpaired) electrons. The minimum atomic E-state index is -1.09. The third kappa shape index (κ3) is 2.60. The van der Waals surface area contributed by atoms with E-state index in [-0.39, 0.29) is 35.4 Å². The van der Waals surface area contributed by atoms with Crippen molar-refractivity contribution in [3.63, 3.8) is 0 Å². The van der Waals surface area contributed by atoms with Gasteiger partial charge in [-0.1, -0.05) is 26.3 Å². The molecular formula is C18H25NO4. The van der Waals surface area contributed by atoms with Gasteiger partial charge in [0, 0.05) is 17.9 Å². The molecule has 0 heterocycles. The summed E-state index contributed by atoms with van der Waals surface area (Å²) in [4.78, 5) is 36.4. The molecule has 3 rings (SSSR count). The summed E-state index contributed by atoms with van der Waals surface area (Å²) in [6.07, 6.45) is 6.23. The van der Waals surface area contributed by atoms with Gasteiger partial charge < -0.3 is 10.4 Å².